The molecule has 0 aromatic rings. The van der Waals surface area contributed by atoms with Crippen molar-refractivity contribution in [2.45, 2.75) is 32.1 Å². The molecule has 3 heteroatoms. The molecule has 14 heavy (non-hydrogen) atoms. The molecule has 1 unspecified atom stereocenters. The van der Waals surface area contributed by atoms with Crippen LogP contribution in [0.15, 0.2) is 0 Å². The zero-order chi connectivity index (χ0) is 9.97. The van der Waals surface area contributed by atoms with Crippen LogP contribution in [-0.4, -0.2) is 35.6 Å². The first-order valence-electron chi connectivity index (χ1n) is 5.71. The lowest BCUT2D eigenvalue weighted by Gasteiger charge is -2.20. The topological polar surface area (TPSA) is 40.5 Å². The van der Waals surface area contributed by atoms with Gasteiger partial charge in [0.25, 0.3) is 0 Å². The first kappa shape index (κ1) is 9.97. The molecule has 1 aliphatic carbocycles. The molecule has 1 aliphatic heterocycles. The minimum absolute atomic E-state index is 0.231. The molecule has 1 atom stereocenters. The third-order valence-corrected chi connectivity index (χ3v) is 3.56. The van der Waals surface area contributed by atoms with Gasteiger partial charge in [-0.15, -0.1) is 0 Å². The molecule has 0 aromatic carbocycles. The van der Waals surface area contributed by atoms with E-state index in [4.69, 9.17) is 5.11 Å². The van der Waals surface area contributed by atoms with Crippen LogP contribution in [0.5, 0.6) is 0 Å². The standard InChI is InChI=1S/C11H19NO2/c13-8-9-5-6-12(7-9)11(14)10-3-1-2-4-10/h9-10,13H,1-8H2. The maximum atomic E-state index is 12.0. The lowest BCUT2D eigenvalue weighted by molar-refractivity contribution is -0.134. The average Bonchev–Trinajstić information content (AvgIpc) is 2.88. The molecule has 1 amide bonds. The summed E-state index contributed by atoms with van der Waals surface area (Å²) in [5.74, 6) is 0.978. The van der Waals surface area contributed by atoms with E-state index in [9.17, 15) is 4.79 Å². The SMILES string of the molecule is O=C(C1CCCC1)N1CCC(CO)C1. The van der Waals surface area contributed by atoms with E-state index < -0.39 is 0 Å². The van der Waals surface area contributed by atoms with Gasteiger partial charge in [0.05, 0.1) is 0 Å². The Morgan fingerprint density at radius 2 is 2.00 bits per heavy atom. The second kappa shape index (κ2) is 4.30. The van der Waals surface area contributed by atoms with Crippen molar-refractivity contribution >= 4 is 5.91 Å². The lowest BCUT2D eigenvalue weighted by atomic mass is 10.1. The van der Waals surface area contributed by atoms with Crippen molar-refractivity contribution in [1.82, 2.24) is 4.90 Å². The van der Waals surface area contributed by atoms with Crippen molar-refractivity contribution in [3.8, 4) is 0 Å². The average molecular weight is 197 g/mol. The van der Waals surface area contributed by atoms with Crippen molar-refractivity contribution in [2.75, 3.05) is 19.7 Å². The summed E-state index contributed by atoms with van der Waals surface area (Å²) >= 11 is 0. The van der Waals surface area contributed by atoms with Crippen LogP contribution in [0.4, 0.5) is 0 Å². The van der Waals surface area contributed by atoms with Crippen LogP contribution >= 0.6 is 0 Å². The third-order valence-electron chi connectivity index (χ3n) is 3.56. The van der Waals surface area contributed by atoms with Crippen LogP contribution in [0.3, 0.4) is 0 Å². The Balaban J connectivity index is 1.86. The summed E-state index contributed by atoms with van der Waals surface area (Å²) in [4.78, 5) is 13.9. The molecule has 1 heterocycles. The van der Waals surface area contributed by atoms with E-state index in [1.165, 1.54) is 12.8 Å². The third kappa shape index (κ3) is 1.92. The molecule has 2 fully saturated rings. The molecule has 0 bridgehead atoms. The fourth-order valence-electron chi connectivity index (χ4n) is 2.61. The highest BCUT2D eigenvalue weighted by atomic mass is 16.3. The van der Waals surface area contributed by atoms with E-state index in [1.54, 1.807) is 0 Å². The number of rotatable bonds is 2. The normalized spacial score (nSPS) is 28.6. The fraction of sp³-hybridized carbons (Fsp3) is 0.909. The Morgan fingerprint density at radius 1 is 1.29 bits per heavy atom. The highest BCUT2D eigenvalue weighted by molar-refractivity contribution is 5.79. The quantitative estimate of drug-likeness (QED) is 0.718. The number of aliphatic hydroxyl groups excluding tert-OH is 1. The molecule has 2 rings (SSSR count). The maximum Gasteiger partial charge on any atom is 0.225 e. The van der Waals surface area contributed by atoms with E-state index in [2.05, 4.69) is 0 Å². The van der Waals surface area contributed by atoms with Gasteiger partial charge >= 0.3 is 0 Å². The van der Waals surface area contributed by atoms with Crippen LogP contribution in [0.25, 0.3) is 0 Å². The van der Waals surface area contributed by atoms with Gasteiger partial charge in [-0.1, -0.05) is 12.8 Å². The van der Waals surface area contributed by atoms with Crippen LogP contribution < -0.4 is 0 Å². The molecule has 80 valence electrons. The van der Waals surface area contributed by atoms with E-state index in [0.717, 1.165) is 32.4 Å². The lowest BCUT2D eigenvalue weighted by Crippen LogP contribution is -2.33. The Hall–Kier alpha value is -0.570. The van der Waals surface area contributed by atoms with Crippen molar-refractivity contribution < 1.29 is 9.90 Å². The molecule has 1 N–H and O–H groups in total. The molecule has 1 saturated heterocycles. The summed E-state index contributed by atoms with van der Waals surface area (Å²) in [6.07, 6.45) is 5.58. The second-order valence-corrected chi connectivity index (χ2v) is 4.60. The fourth-order valence-corrected chi connectivity index (χ4v) is 2.61. The van der Waals surface area contributed by atoms with E-state index in [-0.39, 0.29) is 6.61 Å². The van der Waals surface area contributed by atoms with Gasteiger partial charge in [0.15, 0.2) is 0 Å². The summed E-state index contributed by atoms with van der Waals surface area (Å²) in [6.45, 7) is 1.88. The first-order chi connectivity index (χ1) is 6.81. The van der Waals surface area contributed by atoms with E-state index in [1.807, 2.05) is 4.90 Å². The number of nitrogens with zero attached hydrogens (tertiary/aromatic N) is 1. The minimum atomic E-state index is 0.231. The van der Waals surface area contributed by atoms with Crippen LogP contribution in [0, 0.1) is 11.8 Å². The molecule has 2 aliphatic rings. The molecular formula is C11H19NO2. The first-order valence-corrected chi connectivity index (χ1v) is 5.71. The predicted octanol–water partition coefficient (Wildman–Crippen LogP) is 1.02. The Bertz CT molecular complexity index is 211. The zero-order valence-electron chi connectivity index (χ0n) is 8.61. The van der Waals surface area contributed by atoms with Gasteiger partial charge in [0.2, 0.25) is 5.91 Å². The number of hydrogen-bond acceptors (Lipinski definition) is 2. The summed E-state index contributed by atoms with van der Waals surface area (Å²) in [5, 5.41) is 8.99. The van der Waals surface area contributed by atoms with E-state index >= 15 is 0 Å². The van der Waals surface area contributed by atoms with Gasteiger partial charge < -0.3 is 10.0 Å². The number of hydrogen-bond donors (Lipinski definition) is 1. The number of carbonyl (C=O) groups is 1. The molecule has 0 aromatic heterocycles. The van der Waals surface area contributed by atoms with Crippen LogP contribution in [0.2, 0.25) is 0 Å². The molecule has 3 nitrogen and oxygen atoms in total. The van der Waals surface area contributed by atoms with E-state index in [0.29, 0.717) is 17.7 Å². The summed E-state index contributed by atoms with van der Waals surface area (Å²) < 4.78 is 0. The maximum absolute atomic E-state index is 12.0. The smallest absolute Gasteiger partial charge is 0.225 e. The monoisotopic (exact) mass is 197 g/mol. The van der Waals surface area contributed by atoms with Gasteiger partial charge in [-0.25, -0.2) is 0 Å². The number of amides is 1. The van der Waals surface area contributed by atoms with Crippen molar-refractivity contribution in [3.63, 3.8) is 0 Å². The summed E-state index contributed by atoms with van der Waals surface area (Å²) in [7, 11) is 0. The largest absolute Gasteiger partial charge is 0.396 e. The highest BCUT2D eigenvalue weighted by Crippen LogP contribution is 2.28. The predicted molar refractivity (Wildman–Crippen MR) is 53.7 cm³/mol. The zero-order valence-corrected chi connectivity index (χ0v) is 8.61. The number of aliphatic hydroxyl groups is 1. The van der Waals surface area contributed by atoms with Crippen molar-refractivity contribution in [3.05, 3.63) is 0 Å². The Labute approximate surface area is 85.1 Å². The Kier molecular flexibility index (Phi) is 3.06. The van der Waals surface area contributed by atoms with Crippen LogP contribution in [-0.2, 0) is 4.79 Å². The molecule has 1 saturated carbocycles. The highest BCUT2D eigenvalue weighted by Gasteiger charge is 2.31. The number of carbonyl (C=O) groups excluding carboxylic acids is 1. The van der Waals surface area contributed by atoms with Crippen molar-refractivity contribution in [1.29, 1.82) is 0 Å². The molecular weight excluding hydrogens is 178 g/mol. The van der Waals surface area contributed by atoms with Crippen LogP contribution in [0.1, 0.15) is 32.1 Å². The van der Waals surface area contributed by atoms with Gasteiger partial charge in [-0.3, -0.25) is 4.79 Å². The second-order valence-electron chi connectivity index (χ2n) is 4.60. The molecule has 0 spiro atoms. The van der Waals surface area contributed by atoms with Crippen molar-refractivity contribution in [2.24, 2.45) is 11.8 Å². The minimum Gasteiger partial charge on any atom is -0.396 e. The summed E-state index contributed by atoms with van der Waals surface area (Å²) in [5.41, 5.74) is 0. The van der Waals surface area contributed by atoms with Gasteiger partial charge in [-0.2, -0.15) is 0 Å². The van der Waals surface area contributed by atoms with Gasteiger partial charge in [0, 0.05) is 31.5 Å². The number of likely N-dealkylation sites (tertiary alicyclic amines) is 1. The molecule has 0 radical (unpaired) electrons. The summed E-state index contributed by atoms with van der Waals surface area (Å²) in [6, 6.07) is 0. The van der Waals surface area contributed by atoms with Gasteiger partial charge in [0.1, 0.15) is 0 Å². The Morgan fingerprint density at radius 3 is 2.57 bits per heavy atom. The van der Waals surface area contributed by atoms with Gasteiger partial charge in [-0.05, 0) is 19.3 Å².